The number of halogens is 2. The van der Waals surface area contributed by atoms with E-state index in [1.807, 2.05) is 6.92 Å². The molecule has 1 fully saturated rings. The van der Waals surface area contributed by atoms with Crippen molar-refractivity contribution in [1.29, 1.82) is 0 Å². The van der Waals surface area contributed by atoms with Crippen LogP contribution < -0.4 is 5.32 Å². The number of likely N-dealkylation sites (tertiary alicyclic amines) is 1. The SMILES string of the molecule is Cc1cnc(NC(=O)[C@@H]2CCCN2C(=O)c2cc(Cl)cc(Cl)c2)s1. The van der Waals surface area contributed by atoms with Crippen molar-refractivity contribution in [2.75, 3.05) is 11.9 Å². The number of aryl methyl sites for hydroxylation is 1. The maximum absolute atomic E-state index is 12.7. The molecule has 2 heterocycles. The van der Waals surface area contributed by atoms with E-state index in [9.17, 15) is 9.59 Å². The summed E-state index contributed by atoms with van der Waals surface area (Å²) >= 11 is 13.3. The maximum atomic E-state index is 12.7. The first kappa shape index (κ1) is 17.2. The zero-order chi connectivity index (χ0) is 17.3. The van der Waals surface area contributed by atoms with E-state index in [2.05, 4.69) is 10.3 Å². The zero-order valence-corrected chi connectivity index (χ0v) is 15.2. The highest BCUT2D eigenvalue weighted by molar-refractivity contribution is 7.15. The summed E-state index contributed by atoms with van der Waals surface area (Å²) in [6.45, 7) is 2.44. The summed E-state index contributed by atoms with van der Waals surface area (Å²) in [5, 5.41) is 4.12. The topological polar surface area (TPSA) is 62.3 Å². The minimum absolute atomic E-state index is 0.219. The number of aromatic nitrogens is 1. The summed E-state index contributed by atoms with van der Waals surface area (Å²) < 4.78 is 0. The third-order valence-electron chi connectivity index (χ3n) is 3.78. The van der Waals surface area contributed by atoms with Gasteiger partial charge in [-0.05, 0) is 38.0 Å². The number of amides is 2. The molecule has 0 unspecified atom stereocenters. The molecule has 0 radical (unpaired) electrons. The van der Waals surface area contributed by atoms with E-state index in [0.29, 0.717) is 33.7 Å². The summed E-state index contributed by atoms with van der Waals surface area (Å²) in [4.78, 5) is 32.0. The fraction of sp³-hybridized carbons (Fsp3) is 0.312. The first-order valence-corrected chi connectivity index (χ1v) is 9.01. The first-order valence-electron chi connectivity index (χ1n) is 7.44. The van der Waals surface area contributed by atoms with Gasteiger partial charge in [-0.1, -0.05) is 23.2 Å². The Morgan fingerprint density at radius 1 is 1.29 bits per heavy atom. The van der Waals surface area contributed by atoms with E-state index in [4.69, 9.17) is 23.2 Å². The molecule has 1 aromatic carbocycles. The van der Waals surface area contributed by atoms with Crippen LogP contribution in [0.3, 0.4) is 0 Å². The molecule has 0 aliphatic carbocycles. The van der Waals surface area contributed by atoms with E-state index in [1.54, 1.807) is 29.3 Å². The van der Waals surface area contributed by atoms with Crippen molar-refractivity contribution < 1.29 is 9.59 Å². The minimum Gasteiger partial charge on any atom is -0.327 e. The number of anilines is 1. The fourth-order valence-electron chi connectivity index (χ4n) is 2.73. The van der Waals surface area contributed by atoms with Gasteiger partial charge < -0.3 is 10.2 Å². The van der Waals surface area contributed by atoms with Crippen molar-refractivity contribution in [1.82, 2.24) is 9.88 Å². The highest BCUT2D eigenvalue weighted by atomic mass is 35.5. The highest BCUT2D eigenvalue weighted by Crippen LogP contribution is 2.26. The lowest BCUT2D eigenvalue weighted by Gasteiger charge is -2.23. The van der Waals surface area contributed by atoms with Crippen LogP contribution in [0.15, 0.2) is 24.4 Å². The second-order valence-corrected chi connectivity index (χ2v) is 7.69. The summed E-state index contributed by atoms with van der Waals surface area (Å²) in [7, 11) is 0. The van der Waals surface area contributed by atoms with Gasteiger partial charge in [0.25, 0.3) is 5.91 Å². The van der Waals surface area contributed by atoms with Gasteiger partial charge in [0.05, 0.1) is 0 Å². The number of nitrogens with one attached hydrogen (secondary N) is 1. The Labute approximate surface area is 153 Å². The van der Waals surface area contributed by atoms with Crippen molar-refractivity contribution in [2.24, 2.45) is 0 Å². The molecule has 1 atom stereocenters. The molecule has 0 spiro atoms. The molecule has 1 N–H and O–H groups in total. The van der Waals surface area contributed by atoms with E-state index in [0.717, 1.165) is 11.3 Å². The molecule has 2 aromatic rings. The molecule has 3 rings (SSSR count). The predicted molar refractivity (Wildman–Crippen MR) is 96.0 cm³/mol. The molecule has 2 amide bonds. The van der Waals surface area contributed by atoms with Crippen LogP contribution in [0.25, 0.3) is 0 Å². The van der Waals surface area contributed by atoms with Gasteiger partial charge in [0, 0.05) is 33.2 Å². The van der Waals surface area contributed by atoms with Crippen LogP contribution in [0.2, 0.25) is 10.0 Å². The van der Waals surface area contributed by atoms with Crippen LogP contribution in [-0.4, -0.2) is 34.3 Å². The standard InChI is InChI=1S/C16H15Cl2N3O2S/c1-9-8-19-16(24-9)20-14(22)13-3-2-4-21(13)15(23)10-5-11(17)7-12(18)6-10/h5-8,13H,2-4H2,1H3,(H,19,20,22)/t13-/m0/s1. The van der Waals surface area contributed by atoms with Gasteiger partial charge in [-0.15, -0.1) is 11.3 Å². The number of carbonyl (C=O) groups excluding carboxylic acids is 2. The molecule has 126 valence electrons. The van der Waals surface area contributed by atoms with Crippen LogP contribution in [0, 0.1) is 6.92 Å². The smallest absolute Gasteiger partial charge is 0.254 e. The van der Waals surface area contributed by atoms with Gasteiger partial charge in [-0.2, -0.15) is 0 Å². The average Bonchev–Trinajstić information content (AvgIpc) is 3.14. The van der Waals surface area contributed by atoms with Crippen molar-refractivity contribution in [3.05, 3.63) is 44.9 Å². The molecular weight excluding hydrogens is 369 g/mol. The van der Waals surface area contributed by atoms with Gasteiger partial charge >= 0.3 is 0 Å². The Balaban J connectivity index is 1.77. The van der Waals surface area contributed by atoms with Gasteiger partial charge in [-0.25, -0.2) is 4.98 Å². The van der Waals surface area contributed by atoms with E-state index < -0.39 is 6.04 Å². The Bertz CT molecular complexity index is 773. The van der Waals surface area contributed by atoms with Gasteiger partial charge in [0.1, 0.15) is 6.04 Å². The molecule has 1 saturated heterocycles. The third kappa shape index (κ3) is 3.71. The summed E-state index contributed by atoms with van der Waals surface area (Å²) in [6.07, 6.45) is 3.09. The Morgan fingerprint density at radius 3 is 2.62 bits per heavy atom. The second kappa shape index (κ2) is 7.09. The predicted octanol–water partition coefficient (Wildman–Crippen LogP) is 4.00. The Hall–Kier alpha value is -1.63. The van der Waals surface area contributed by atoms with Crippen LogP contribution in [-0.2, 0) is 4.79 Å². The van der Waals surface area contributed by atoms with Crippen molar-refractivity contribution >= 4 is 51.5 Å². The van der Waals surface area contributed by atoms with Crippen LogP contribution >= 0.6 is 34.5 Å². The molecule has 1 aliphatic rings. The molecule has 24 heavy (non-hydrogen) atoms. The first-order chi connectivity index (χ1) is 11.4. The number of hydrogen-bond acceptors (Lipinski definition) is 4. The molecule has 1 aliphatic heterocycles. The monoisotopic (exact) mass is 383 g/mol. The van der Waals surface area contributed by atoms with Crippen molar-refractivity contribution in [2.45, 2.75) is 25.8 Å². The lowest BCUT2D eigenvalue weighted by Crippen LogP contribution is -2.43. The summed E-state index contributed by atoms with van der Waals surface area (Å²) in [6, 6.07) is 4.18. The van der Waals surface area contributed by atoms with E-state index in [-0.39, 0.29) is 11.8 Å². The largest absolute Gasteiger partial charge is 0.327 e. The number of rotatable bonds is 3. The fourth-order valence-corrected chi connectivity index (χ4v) is 3.92. The van der Waals surface area contributed by atoms with E-state index >= 15 is 0 Å². The van der Waals surface area contributed by atoms with Crippen LogP contribution in [0.4, 0.5) is 5.13 Å². The molecule has 5 nitrogen and oxygen atoms in total. The maximum Gasteiger partial charge on any atom is 0.254 e. The number of thiazole rings is 1. The molecular formula is C16H15Cl2N3O2S. The lowest BCUT2D eigenvalue weighted by molar-refractivity contribution is -0.119. The Kier molecular flexibility index (Phi) is 5.08. The number of benzene rings is 1. The number of nitrogens with zero attached hydrogens (tertiary/aromatic N) is 2. The normalized spacial score (nSPS) is 17.1. The van der Waals surface area contributed by atoms with Crippen molar-refractivity contribution in [3.8, 4) is 0 Å². The second-order valence-electron chi connectivity index (χ2n) is 5.58. The van der Waals surface area contributed by atoms with Crippen molar-refractivity contribution in [3.63, 3.8) is 0 Å². The van der Waals surface area contributed by atoms with E-state index in [1.165, 1.54) is 11.3 Å². The summed E-state index contributed by atoms with van der Waals surface area (Å²) in [5.74, 6) is -0.462. The average molecular weight is 384 g/mol. The molecule has 0 bridgehead atoms. The quantitative estimate of drug-likeness (QED) is 0.870. The van der Waals surface area contributed by atoms with Crippen LogP contribution in [0.1, 0.15) is 28.1 Å². The molecule has 1 aromatic heterocycles. The molecule has 0 saturated carbocycles. The number of carbonyl (C=O) groups is 2. The summed E-state index contributed by atoms with van der Waals surface area (Å²) in [5.41, 5.74) is 0.386. The van der Waals surface area contributed by atoms with Gasteiger partial charge in [0.2, 0.25) is 5.91 Å². The van der Waals surface area contributed by atoms with Crippen LogP contribution in [0.5, 0.6) is 0 Å². The number of hydrogen-bond donors (Lipinski definition) is 1. The Morgan fingerprint density at radius 2 is 2.00 bits per heavy atom. The van der Waals surface area contributed by atoms with Gasteiger partial charge in [0.15, 0.2) is 5.13 Å². The lowest BCUT2D eigenvalue weighted by atomic mass is 10.1. The molecule has 8 heteroatoms. The minimum atomic E-state index is -0.514. The zero-order valence-electron chi connectivity index (χ0n) is 12.9. The van der Waals surface area contributed by atoms with Gasteiger partial charge in [-0.3, -0.25) is 9.59 Å². The highest BCUT2D eigenvalue weighted by Gasteiger charge is 2.35. The third-order valence-corrected chi connectivity index (χ3v) is 5.04.